The van der Waals surface area contributed by atoms with Crippen molar-refractivity contribution in [1.82, 2.24) is 15.1 Å². The number of piperidine rings is 1. The minimum Gasteiger partial charge on any atom is -0.466 e. The Balaban J connectivity index is 2.52. The number of rotatable bonds is 7. The number of carbonyl (C=O) groups is 1. The molecule has 24 heavy (non-hydrogen) atoms. The van der Waals surface area contributed by atoms with Gasteiger partial charge < -0.3 is 15.0 Å². The largest absolute Gasteiger partial charge is 0.466 e. The number of hydrogen-bond donors (Lipinski definition) is 1. The van der Waals surface area contributed by atoms with Gasteiger partial charge >= 0.3 is 5.97 Å². The molecule has 0 spiro atoms. The van der Waals surface area contributed by atoms with Gasteiger partial charge in [-0.05, 0) is 47.5 Å². The van der Waals surface area contributed by atoms with E-state index in [1.165, 1.54) is 0 Å². The molecule has 6 nitrogen and oxygen atoms in total. The van der Waals surface area contributed by atoms with Crippen molar-refractivity contribution >= 4 is 11.9 Å². The summed E-state index contributed by atoms with van der Waals surface area (Å²) in [5.74, 6) is 0.764. The van der Waals surface area contributed by atoms with E-state index in [9.17, 15) is 4.79 Å². The molecule has 1 rings (SSSR count). The standard InChI is InChI=1S/C18H36N4O2/c1-7-24-17(23)16-9-8-11-21(13-16)18(19-6)20-10-12-22(14(2)3)15(4)5/h14-16H,7-13H2,1-6H3,(H,19,20). The van der Waals surface area contributed by atoms with E-state index in [1.54, 1.807) is 7.05 Å². The van der Waals surface area contributed by atoms with Crippen LogP contribution in [0.2, 0.25) is 0 Å². The highest BCUT2D eigenvalue weighted by Crippen LogP contribution is 2.18. The van der Waals surface area contributed by atoms with E-state index in [-0.39, 0.29) is 11.9 Å². The van der Waals surface area contributed by atoms with Crippen LogP contribution in [0.4, 0.5) is 0 Å². The average molecular weight is 341 g/mol. The van der Waals surface area contributed by atoms with Gasteiger partial charge in [0.05, 0.1) is 12.5 Å². The summed E-state index contributed by atoms with van der Waals surface area (Å²) in [6, 6.07) is 1.05. The minimum absolute atomic E-state index is 0.0416. The predicted molar refractivity (Wildman–Crippen MR) is 99.3 cm³/mol. The van der Waals surface area contributed by atoms with Gasteiger partial charge in [-0.3, -0.25) is 14.7 Å². The molecule has 1 atom stereocenters. The molecule has 1 unspecified atom stereocenters. The molecule has 1 N–H and O–H groups in total. The molecule has 0 saturated carbocycles. The van der Waals surface area contributed by atoms with Gasteiger partial charge in [0.2, 0.25) is 0 Å². The van der Waals surface area contributed by atoms with Crippen molar-refractivity contribution in [3.63, 3.8) is 0 Å². The van der Waals surface area contributed by atoms with Gasteiger partial charge in [0, 0.05) is 45.3 Å². The molecular weight excluding hydrogens is 304 g/mol. The fraction of sp³-hybridized carbons (Fsp3) is 0.889. The Bertz CT molecular complexity index is 402. The summed E-state index contributed by atoms with van der Waals surface area (Å²) in [5, 5.41) is 3.45. The Hall–Kier alpha value is -1.30. The molecule has 0 aromatic carbocycles. The molecule has 1 saturated heterocycles. The first-order chi connectivity index (χ1) is 11.4. The smallest absolute Gasteiger partial charge is 0.310 e. The molecule has 0 amide bonds. The van der Waals surface area contributed by atoms with Crippen LogP contribution < -0.4 is 5.32 Å². The average Bonchev–Trinajstić information content (AvgIpc) is 2.54. The highest BCUT2D eigenvalue weighted by Gasteiger charge is 2.28. The van der Waals surface area contributed by atoms with Crippen molar-refractivity contribution in [2.45, 2.75) is 59.5 Å². The summed E-state index contributed by atoms with van der Waals surface area (Å²) in [6.45, 7) is 14.7. The zero-order valence-corrected chi connectivity index (χ0v) is 16.3. The first-order valence-corrected chi connectivity index (χ1v) is 9.28. The normalized spacial score (nSPS) is 19.3. The predicted octanol–water partition coefficient (Wildman–Crippen LogP) is 1.96. The molecular formula is C18H36N4O2. The van der Waals surface area contributed by atoms with Crippen LogP contribution in [0.5, 0.6) is 0 Å². The molecule has 1 heterocycles. The lowest BCUT2D eigenvalue weighted by Crippen LogP contribution is -2.50. The summed E-state index contributed by atoms with van der Waals surface area (Å²) in [4.78, 5) is 21.0. The number of esters is 1. The number of ether oxygens (including phenoxy) is 1. The van der Waals surface area contributed by atoms with Crippen molar-refractivity contribution < 1.29 is 9.53 Å². The molecule has 0 aliphatic carbocycles. The molecule has 6 heteroatoms. The molecule has 0 radical (unpaired) electrons. The lowest BCUT2D eigenvalue weighted by atomic mass is 9.98. The van der Waals surface area contributed by atoms with Gasteiger partial charge in [0.25, 0.3) is 0 Å². The van der Waals surface area contributed by atoms with Crippen molar-refractivity contribution in [3.8, 4) is 0 Å². The Morgan fingerprint density at radius 1 is 1.33 bits per heavy atom. The van der Waals surface area contributed by atoms with Crippen LogP contribution in [-0.4, -0.2) is 73.6 Å². The zero-order valence-electron chi connectivity index (χ0n) is 16.3. The lowest BCUT2D eigenvalue weighted by Gasteiger charge is -2.35. The maximum atomic E-state index is 12.0. The van der Waals surface area contributed by atoms with Crippen molar-refractivity contribution in [2.75, 3.05) is 39.8 Å². The first-order valence-electron chi connectivity index (χ1n) is 9.28. The van der Waals surface area contributed by atoms with E-state index in [0.717, 1.165) is 38.4 Å². The summed E-state index contributed by atoms with van der Waals surface area (Å²) >= 11 is 0. The van der Waals surface area contributed by atoms with Gasteiger partial charge in [0.1, 0.15) is 0 Å². The van der Waals surface area contributed by atoms with Gasteiger partial charge in [-0.25, -0.2) is 0 Å². The number of nitrogens with one attached hydrogen (secondary N) is 1. The highest BCUT2D eigenvalue weighted by atomic mass is 16.5. The van der Waals surface area contributed by atoms with Crippen molar-refractivity contribution in [1.29, 1.82) is 0 Å². The summed E-state index contributed by atoms with van der Waals surface area (Å²) < 4.78 is 5.18. The van der Waals surface area contributed by atoms with Gasteiger partial charge in [-0.2, -0.15) is 0 Å². The van der Waals surface area contributed by atoms with Gasteiger partial charge in [-0.15, -0.1) is 0 Å². The second-order valence-corrected chi connectivity index (χ2v) is 6.94. The lowest BCUT2D eigenvalue weighted by molar-refractivity contribution is -0.149. The van der Waals surface area contributed by atoms with E-state index in [4.69, 9.17) is 4.74 Å². The Morgan fingerprint density at radius 3 is 2.54 bits per heavy atom. The number of hydrogen-bond acceptors (Lipinski definition) is 4. The van der Waals surface area contributed by atoms with Crippen LogP contribution in [0.25, 0.3) is 0 Å². The third-order valence-corrected chi connectivity index (χ3v) is 4.53. The minimum atomic E-state index is -0.0801. The quantitative estimate of drug-likeness (QED) is 0.436. The SMILES string of the molecule is CCOC(=O)C1CCCN(C(=NC)NCCN(C(C)C)C(C)C)C1. The van der Waals surface area contributed by atoms with Crippen LogP contribution in [0.3, 0.4) is 0 Å². The van der Waals surface area contributed by atoms with Crippen LogP contribution in [0.1, 0.15) is 47.5 Å². The highest BCUT2D eigenvalue weighted by molar-refractivity contribution is 5.81. The van der Waals surface area contributed by atoms with Crippen LogP contribution >= 0.6 is 0 Å². The maximum Gasteiger partial charge on any atom is 0.310 e. The molecule has 0 aromatic rings. The molecule has 0 aromatic heterocycles. The third-order valence-electron chi connectivity index (χ3n) is 4.53. The topological polar surface area (TPSA) is 57.2 Å². The van der Waals surface area contributed by atoms with Crippen molar-refractivity contribution in [2.24, 2.45) is 10.9 Å². The summed E-state index contributed by atoms with van der Waals surface area (Å²) in [5.41, 5.74) is 0. The molecule has 1 fully saturated rings. The van der Waals surface area contributed by atoms with Crippen LogP contribution in [0.15, 0.2) is 4.99 Å². The molecule has 140 valence electrons. The Morgan fingerprint density at radius 2 is 2.00 bits per heavy atom. The number of carbonyl (C=O) groups excluding carboxylic acids is 1. The van der Waals surface area contributed by atoms with E-state index in [2.05, 4.69) is 47.8 Å². The summed E-state index contributed by atoms with van der Waals surface area (Å²) in [6.07, 6.45) is 1.90. The fourth-order valence-corrected chi connectivity index (χ4v) is 3.36. The fourth-order valence-electron chi connectivity index (χ4n) is 3.36. The molecule has 1 aliphatic rings. The van der Waals surface area contributed by atoms with Crippen molar-refractivity contribution in [3.05, 3.63) is 0 Å². The zero-order chi connectivity index (χ0) is 18.1. The Kier molecular flexibility index (Phi) is 9.11. The van der Waals surface area contributed by atoms with Crippen LogP contribution in [-0.2, 0) is 9.53 Å². The van der Waals surface area contributed by atoms with E-state index < -0.39 is 0 Å². The maximum absolute atomic E-state index is 12.0. The third kappa shape index (κ3) is 6.30. The van der Waals surface area contributed by atoms with Gasteiger partial charge in [0.15, 0.2) is 5.96 Å². The number of nitrogens with zero attached hydrogens (tertiary/aromatic N) is 3. The van der Waals surface area contributed by atoms with E-state index >= 15 is 0 Å². The van der Waals surface area contributed by atoms with Gasteiger partial charge in [-0.1, -0.05) is 0 Å². The van der Waals surface area contributed by atoms with E-state index in [1.807, 2.05) is 6.92 Å². The molecule has 1 aliphatic heterocycles. The summed E-state index contributed by atoms with van der Waals surface area (Å²) in [7, 11) is 1.80. The first kappa shape index (κ1) is 20.7. The molecule has 0 bridgehead atoms. The second-order valence-electron chi connectivity index (χ2n) is 6.94. The number of guanidine groups is 1. The number of aliphatic imine (C=N–C) groups is 1. The van der Waals surface area contributed by atoms with Crippen LogP contribution in [0, 0.1) is 5.92 Å². The second kappa shape index (κ2) is 10.5. The monoisotopic (exact) mass is 340 g/mol. The Labute approximate surface area is 147 Å². The number of likely N-dealkylation sites (tertiary alicyclic amines) is 1. The van der Waals surface area contributed by atoms with E-state index in [0.29, 0.717) is 25.2 Å².